The summed E-state index contributed by atoms with van der Waals surface area (Å²) in [5, 5.41) is 4.28. The molecule has 1 saturated heterocycles. The van der Waals surface area contributed by atoms with Gasteiger partial charge in [-0.3, -0.25) is 0 Å². The molecule has 1 fully saturated rings. The van der Waals surface area contributed by atoms with Crippen molar-refractivity contribution in [1.82, 2.24) is 5.32 Å². The number of nitrogens with one attached hydrogen (secondary N) is 1. The highest BCUT2D eigenvalue weighted by Crippen LogP contribution is 2.26. The zero-order valence-electron chi connectivity index (χ0n) is 11.4. The highest BCUT2D eigenvalue weighted by molar-refractivity contribution is 6.31. The summed E-state index contributed by atoms with van der Waals surface area (Å²) >= 11 is 6.37. The van der Waals surface area contributed by atoms with Crippen molar-refractivity contribution in [3.63, 3.8) is 0 Å². The summed E-state index contributed by atoms with van der Waals surface area (Å²) in [6.07, 6.45) is 3.96. The van der Waals surface area contributed by atoms with Crippen molar-refractivity contribution in [1.29, 1.82) is 0 Å². The Labute approximate surface area is 115 Å². The first kappa shape index (κ1) is 13.7. The summed E-state index contributed by atoms with van der Waals surface area (Å²) in [4.78, 5) is 2.44. The number of halogens is 1. The lowest BCUT2D eigenvalue weighted by Gasteiger charge is -2.29. The molecule has 1 N–H and O–H groups in total. The third-order valence-corrected chi connectivity index (χ3v) is 3.81. The van der Waals surface area contributed by atoms with E-state index in [4.69, 9.17) is 11.6 Å². The Balaban J connectivity index is 2.04. The Kier molecular flexibility index (Phi) is 4.90. The molecule has 0 aromatic heterocycles. The molecule has 0 radical (unpaired) electrons. The third kappa shape index (κ3) is 3.63. The van der Waals surface area contributed by atoms with Crippen molar-refractivity contribution in [2.45, 2.75) is 45.7 Å². The van der Waals surface area contributed by atoms with Crippen LogP contribution in [0.5, 0.6) is 0 Å². The number of rotatable bonds is 4. The molecule has 1 aromatic carbocycles. The van der Waals surface area contributed by atoms with E-state index in [0.29, 0.717) is 6.04 Å². The average molecular weight is 267 g/mol. The Morgan fingerprint density at radius 2 is 1.94 bits per heavy atom. The van der Waals surface area contributed by atoms with Crippen LogP contribution in [0.25, 0.3) is 0 Å². The van der Waals surface area contributed by atoms with Gasteiger partial charge in [0.1, 0.15) is 0 Å². The molecule has 2 nitrogen and oxygen atoms in total. The molecule has 1 aliphatic heterocycles. The third-order valence-electron chi connectivity index (χ3n) is 3.46. The minimum absolute atomic E-state index is 0.489. The summed E-state index contributed by atoms with van der Waals surface area (Å²) < 4.78 is 0. The molecule has 3 heteroatoms. The van der Waals surface area contributed by atoms with Gasteiger partial charge in [-0.25, -0.2) is 0 Å². The molecule has 1 aromatic rings. The van der Waals surface area contributed by atoms with Gasteiger partial charge >= 0.3 is 0 Å². The molecule has 0 amide bonds. The van der Waals surface area contributed by atoms with Gasteiger partial charge in [0.2, 0.25) is 0 Å². The van der Waals surface area contributed by atoms with Crippen molar-refractivity contribution < 1.29 is 0 Å². The fourth-order valence-electron chi connectivity index (χ4n) is 2.34. The Morgan fingerprint density at radius 1 is 1.22 bits per heavy atom. The molecular formula is C15H23ClN2. The van der Waals surface area contributed by atoms with Gasteiger partial charge in [-0.15, -0.1) is 0 Å². The quantitative estimate of drug-likeness (QED) is 0.891. The van der Waals surface area contributed by atoms with Crippen molar-refractivity contribution in [3.05, 3.63) is 28.8 Å². The number of anilines is 1. The molecular weight excluding hydrogens is 244 g/mol. The summed E-state index contributed by atoms with van der Waals surface area (Å²) in [5.41, 5.74) is 2.46. The first-order chi connectivity index (χ1) is 8.66. The van der Waals surface area contributed by atoms with E-state index in [1.54, 1.807) is 0 Å². The van der Waals surface area contributed by atoms with Crippen molar-refractivity contribution in [2.24, 2.45) is 0 Å². The Bertz CT molecular complexity index is 384. The van der Waals surface area contributed by atoms with Crippen LogP contribution in [-0.2, 0) is 6.54 Å². The summed E-state index contributed by atoms with van der Waals surface area (Å²) in [6.45, 7) is 7.47. The van der Waals surface area contributed by atoms with Crippen LogP contribution in [0, 0.1) is 0 Å². The van der Waals surface area contributed by atoms with Gasteiger partial charge in [0, 0.05) is 36.4 Å². The van der Waals surface area contributed by atoms with Gasteiger partial charge in [-0.05, 0) is 37.0 Å². The number of hydrogen-bond acceptors (Lipinski definition) is 2. The molecule has 0 saturated carbocycles. The highest BCUT2D eigenvalue weighted by atomic mass is 35.5. The summed E-state index contributed by atoms with van der Waals surface area (Å²) in [6, 6.07) is 6.96. The second-order valence-electron chi connectivity index (χ2n) is 5.36. The van der Waals surface area contributed by atoms with Crippen LogP contribution in [0.1, 0.15) is 38.7 Å². The average Bonchev–Trinajstić information content (AvgIpc) is 2.38. The smallest absolute Gasteiger partial charge is 0.0471 e. The first-order valence-electron chi connectivity index (χ1n) is 6.93. The van der Waals surface area contributed by atoms with E-state index < -0.39 is 0 Å². The molecule has 0 spiro atoms. The zero-order chi connectivity index (χ0) is 13.0. The number of piperidine rings is 1. The van der Waals surface area contributed by atoms with Crippen molar-refractivity contribution in [2.75, 3.05) is 18.0 Å². The fraction of sp³-hybridized carbons (Fsp3) is 0.600. The molecule has 2 rings (SSSR count). The standard InChI is InChI=1S/C15H23ClN2/c1-12(2)17-11-13-6-7-14(10-15(13)16)18-8-4-3-5-9-18/h6-7,10,12,17H,3-5,8-9,11H2,1-2H3. The molecule has 1 heterocycles. The van der Waals surface area contributed by atoms with Gasteiger partial charge in [-0.1, -0.05) is 31.5 Å². The van der Waals surface area contributed by atoms with Gasteiger partial charge in [0.15, 0.2) is 0 Å². The maximum absolute atomic E-state index is 6.37. The number of nitrogens with zero attached hydrogens (tertiary/aromatic N) is 1. The van der Waals surface area contributed by atoms with Gasteiger partial charge in [0.05, 0.1) is 0 Å². The van der Waals surface area contributed by atoms with Crippen LogP contribution >= 0.6 is 11.6 Å². The number of benzene rings is 1. The first-order valence-corrected chi connectivity index (χ1v) is 7.31. The molecule has 0 bridgehead atoms. The molecule has 18 heavy (non-hydrogen) atoms. The van der Waals surface area contributed by atoms with Gasteiger partial charge < -0.3 is 10.2 Å². The largest absolute Gasteiger partial charge is 0.371 e. The molecule has 100 valence electrons. The Morgan fingerprint density at radius 3 is 2.56 bits per heavy atom. The lowest BCUT2D eigenvalue weighted by Crippen LogP contribution is -2.29. The van der Waals surface area contributed by atoms with Crippen LogP contribution in [0.3, 0.4) is 0 Å². The zero-order valence-corrected chi connectivity index (χ0v) is 12.1. The van der Waals surface area contributed by atoms with Gasteiger partial charge in [0.25, 0.3) is 0 Å². The van der Waals surface area contributed by atoms with Crippen LogP contribution in [0.4, 0.5) is 5.69 Å². The van der Waals surface area contributed by atoms with Crippen LogP contribution in [0.2, 0.25) is 5.02 Å². The molecule has 0 aliphatic carbocycles. The predicted octanol–water partition coefficient (Wildman–Crippen LogP) is 3.83. The molecule has 0 atom stereocenters. The number of hydrogen-bond donors (Lipinski definition) is 1. The maximum atomic E-state index is 6.37. The second kappa shape index (κ2) is 6.44. The lowest BCUT2D eigenvalue weighted by atomic mass is 10.1. The van der Waals surface area contributed by atoms with E-state index in [2.05, 4.69) is 42.3 Å². The van der Waals surface area contributed by atoms with Crippen molar-refractivity contribution in [3.8, 4) is 0 Å². The van der Waals surface area contributed by atoms with E-state index in [-0.39, 0.29) is 0 Å². The topological polar surface area (TPSA) is 15.3 Å². The fourth-order valence-corrected chi connectivity index (χ4v) is 2.58. The predicted molar refractivity (Wildman–Crippen MR) is 79.5 cm³/mol. The van der Waals surface area contributed by atoms with Crippen LogP contribution in [-0.4, -0.2) is 19.1 Å². The summed E-state index contributed by atoms with van der Waals surface area (Å²) in [5.74, 6) is 0. The molecule has 1 aliphatic rings. The van der Waals surface area contributed by atoms with E-state index in [1.807, 2.05) is 0 Å². The van der Waals surface area contributed by atoms with E-state index >= 15 is 0 Å². The van der Waals surface area contributed by atoms with Crippen LogP contribution < -0.4 is 10.2 Å². The van der Waals surface area contributed by atoms with Crippen LogP contribution in [0.15, 0.2) is 18.2 Å². The normalized spacial score (nSPS) is 16.3. The Hall–Kier alpha value is -0.730. The van der Waals surface area contributed by atoms with E-state index in [0.717, 1.165) is 11.6 Å². The van der Waals surface area contributed by atoms with E-state index in [9.17, 15) is 0 Å². The highest BCUT2D eigenvalue weighted by Gasteiger charge is 2.12. The minimum Gasteiger partial charge on any atom is -0.371 e. The van der Waals surface area contributed by atoms with Gasteiger partial charge in [-0.2, -0.15) is 0 Å². The monoisotopic (exact) mass is 266 g/mol. The second-order valence-corrected chi connectivity index (χ2v) is 5.77. The van der Waals surface area contributed by atoms with Crippen molar-refractivity contribution >= 4 is 17.3 Å². The minimum atomic E-state index is 0.489. The SMILES string of the molecule is CC(C)NCc1ccc(N2CCCCC2)cc1Cl. The molecule has 0 unspecified atom stereocenters. The summed E-state index contributed by atoms with van der Waals surface area (Å²) in [7, 11) is 0. The van der Waals surface area contributed by atoms with E-state index in [1.165, 1.54) is 43.6 Å². The maximum Gasteiger partial charge on any atom is 0.0471 e. The lowest BCUT2D eigenvalue weighted by molar-refractivity contribution is 0.577.